The number of hydrogen-bond donors (Lipinski definition) is 1. The lowest BCUT2D eigenvalue weighted by Gasteiger charge is -2.58. The lowest BCUT2D eigenvalue weighted by Crippen LogP contribution is -2.55. The van der Waals surface area contributed by atoms with E-state index in [4.69, 9.17) is 4.74 Å². The van der Waals surface area contributed by atoms with Crippen LogP contribution in [0.25, 0.3) is 0 Å². The number of nitrogens with zero attached hydrogens (tertiary/aromatic N) is 1. The van der Waals surface area contributed by atoms with Crippen molar-refractivity contribution in [1.82, 2.24) is 11.1 Å². The zero-order valence-corrected chi connectivity index (χ0v) is 19.3. The SMILES string of the molecule is CCN(CC)CCOC1=CCC2CC[C@H]3[C@@H]4CCC[C@@]4(C)CC[C@@H]3[C@@]2(C)C1=O.N. The first-order chi connectivity index (χ1) is 13.4. The molecule has 29 heavy (non-hydrogen) atoms. The largest absolute Gasteiger partial charge is 0.489 e. The van der Waals surface area contributed by atoms with Crippen LogP contribution in [0.5, 0.6) is 0 Å². The van der Waals surface area contributed by atoms with Crippen molar-refractivity contribution >= 4 is 5.78 Å². The summed E-state index contributed by atoms with van der Waals surface area (Å²) in [4.78, 5) is 16.1. The first-order valence-corrected chi connectivity index (χ1v) is 12.0. The molecule has 0 saturated heterocycles. The minimum Gasteiger partial charge on any atom is -0.489 e. The third-order valence-electron chi connectivity index (χ3n) is 9.55. The number of hydrogen-bond acceptors (Lipinski definition) is 4. The maximum absolute atomic E-state index is 13.7. The average molecular weight is 405 g/mol. The van der Waals surface area contributed by atoms with E-state index >= 15 is 0 Å². The van der Waals surface area contributed by atoms with Gasteiger partial charge in [-0.1, -0.05) is 34.1 Å². The molecule has 1 unspecified atom stereocenters. The Morgan fingerprint density at radius 2 is 1.83 bits per heavy atom. The van der Waals surface area contributed by atoms with E-state index in [0.717, 1.165) is 37.9 Å². The van der Waals surface area contributed by atoms with Crippen molar-refractivity contribution in [2.24, 2.45) is 34.5 Å². The van der Waals surface area contributed by atoms with Gasteiger partial charge in [0.2, 0.25) is 5.78 Å². The number of rotatable bonds is 6. The number of allylic oxidation sites excluding steroid dienone is 2. The number of ether oxygens (including phenoxy) is 1. The first kappa shape index (κ1) is 22.8. The minimum atomic E-state index is -0.188. The number of likely N-dealkylation sites (N-methyl/N-ethyl adjacent to an activating group) is 1. The zero-order valence-electron chi connectivity index (χ0n) is 19.3. The van der Waals surface area contributed by atoms with Gasteiger partial charge in [0.1, 0.15) is 6.61 Å². The summed E-state index contributed by atoms with van der Waals surface area (Å²) in [6, 6.07) is 0. The van der Waals surface area contributed by atoms with Gasteiger partial charge in [-0.15, -0.1) is 0 Å². The topological polar surface area (TPSA) is 64.5 Å². The predicted molar refractivity (Wildman–Crippen MR) is 119 cm³/mol. The average Bonchev–Trinajstić information content (AvgIpc) is 3.09. The Morgan fingerprint density at radius 3 is 2.55 bits per heavy atom. The maximum atomic E-state index is 13.7. The number of carbonyl (C=O) groups is 1. The van der Waals surface area contributed by atoms with Crippen molar-refractivity contribution < 1.29 is 9.53 Å². The summed E-state index contributed by atoms with van der Waals surface area (Å²) in [6.07, 6.45) is 12.5. The van der Waals surface area contributed by atoms with Crippen LogP contribution >= 0.6 is 0 Å². The number of ketones is 1. The summed E-state index contributed by atoms with van der Waals surface area (Å²) in [5.74, 6) is 3.74. The standard InChI is InChI=1S/C25H41NO2.H3N/c1-5-26(6-2)16-17-28-22-12-10-18-9-11-19-20-8-7-14-24(20,3)15-13-21(19)25(18,4)23(22)27;/h12,18-21H,5-11,13-17H2,1-4H3;1H3/t18?,19-,20-,21-,24-,25-;/m0./s1. The lowest BCUT2D eigenvalue weighted by atomic mass is 9.45. The molecule has 166 valence electrons. The Kier molecular flexibility index (Phi) is 6.85. The van der Waals surface area contributed by atoms with Gasteiger partial charge in [-0.3, -0.25) is 4.79 Å². The minimum absolute atomic E-state index is 0. The van der Waals surface area contributed by atoms with Gasteiger partial charge in [0, 0.05) is 12.0 Å². The van der Waals surface area contributed by atoms with Crippen LogP contribution < -0.4 is 6.15 Å². The fourth-order valence-corrected chi connectivity index (χ4v) is 7.70. The molecule has 4 rings (SSSR count). The fraction of sp³-hybridized carbons (Fsp3) is 0.880. The summed E-state index contributed by atoms with van der Waals surface area (Å²) in [7, 11) is 0. The van der Waals surface area contributed by atoms with Crippen molar-refractivity contribution in [3.8, 4) is 0 Å². The molecule has 0 bridgehead atoms. The molecule has 0 spiro atoms. The second-order valence-corrected chi connectivity index (χ2v) is 10.5. The molecule has 3 fully saturated rings. The first-order valence-electron chi connectivity index (χ1n) is 12.0. The van der Waals surface area contributed by atoms with Crippen LogP contribution in [-0.4, -0.2) is 36.9 Å². The van der Waals surface area contributed by atoms with Gasteiger partial charge in [0.05, 0.1) is 0 Å². The molecule has 4 aliphatic rings. The van der Waals surface area contributed by atoms with E-state index in [-0.39, 0.29) is 11.6 Å². The van der Waals surface area contributed by atoms with Crippen molar-refractivity contribution in [3.05, 3.63) is 11.8 Å². The molecule has 4 nitrogen and oxygen atoms in total. The molecule has 0 radical (unpaired) electrons. The predicted octanol–water partition coefficient (Wildman–Crippen LogP) is 5.61. The van der Waals surface area contributed by atoms with Crippen molar-refractivity contribution in [2.75, 3.05) is 26.2 Å². The van der Waals surface area contributed by atoms with Gasteiger partial charge in [0.25, 0.3) is 0 Å². The van der Waals surface area contributed by atoms with Crippen molar-refractivity contribution in [3.63, 3.8) is 0 Å². The van der Waals surface area contributed by atoms with Crippen LogP contribution in [0, 0.1) is 34.5 Å². The fourth-order valence-electron chi connectivity index (χ4n) is 7.70. The molecular weight excluding hydrogens is 360 g/mol. The second-order valence-electron chi connectivity index (χ2n) is 10.5. The molecule has 0 aromatic heterocycles. The molecule has 4 heteroatoms. The Morgan fingerprint density at radius 1 is 1.07 bits per heavy atom. The van der Waals surface area contributed by atoms with Crippen LogP contribution in [0.1, 0.15) is 79.1 Å². The Bertz CT molecular complexity index is 628. The third kappa shape index (κ3) is 3.69. The van der Waals surface area contributed by atoms with Crippen LogP contribution in [0.15, 0.2) is 11.8 Å². The summed E-state index contributed by atoms with van der Waals surface area (Å²) in [5, 5.41) is 0. The van der Waals surface area contributed by atoms with Crippen LogP contribution in [0.4, 0.5) is 0 Å². The molecule has 0 aliphatic heterocycles. The highest BCUT2D eigenvalue weighted by Gasteiger charge is 2.60. The highest BCUT2D eigenvalue weighted by atomic mass is 16.5. The molecule has 0 aromatic rings. The van der Waals surface area contributed by atoms with Crippen LogP contribution in [0.2, 0.25) is 0 Å². The molecule has 3 saturated carbocycles. The third-order valence-corrected chi connectivity index (χ3v) is 9.55. The normalized spacial score (nSPS) is 41.1. The lowest BCUT2D eigenvalue weighted by molar-refractivity contribution is -0.150. The molecular formula is C25H44N2O2. The van der Waals surface area contributed by atoms with E-state index in [2.05, 4.69) is 38.7 Å². The molecule has 0 amide bonds. The van der Waals surface area contributed by atoms with Crippen molar-refractivity contribution in [2.45, 2.75) is 79.1 Å². The van der Waals surface area contributed by atoms with Crippen LogP contribution in [0.3, 0.4) is 0 Å². The smallest absolute Gasteiger partial charge is 0.203 e. The second kappa shape index (κ2) is 8.70. The number of carbonyl (C=O) groups excluding carboxylic acids is 1. The van der Waals surface area contributed by atoms with Gasteiger partial charge in [-0.2, -0.15) is 0 Å². The molecule has 0 aromatic carbocycles. The highest BCUT2D eigenvalue weighted by Crippen LogP contribution is 2.65. The molecule has 0 heterocycles. The van der Waals surface area contributed by atoms with Gasteiger partial charge in [-0.25, -0.2) is 0 Å². The highest BCUT2D eigenvalue weighted by molar-refractivity contribution is 5.99. The van der Waals surface area contributed by atoms with Crippen molar-refractivity contribution in [1.29, 1.82) is 0 Å². The van der Waals surface area contributed by atoms with E-state index in [1.807, 2.05) is 0 Å². The van der Waals surface area contributed by atoms with E-state index in [0.29, 0.717) is 35.4 Å². The number of fused-ring (bicyclic) bond motifs is 5. The number of Topliss-reactive ketones (excluding diaryl/α,β-unsaturated/α-hetero) is 1. The Balaban J connectivity index is 0.00000240. The Labute approximate surface area is 178 Å². The maximum Gasteiger partial charge on any atom is 0.203 e. The van der Waals surface area contributed by atoms with Gasteiger partial charge >= 0.3 is 0 Å². The monoisotopic (exact) mass is 404 g/mol. The van der Waals surface area contributed by atoms with E-state index < -0.39 is 0 Å². The van der Waals surface area contributed by atoms with E-state index in [1.165, 1.54) is 44.9 Å². The summed E-state index contributed by atoms with van der Waals surface area (Å²) in [5.41, 5.74) is 0.368. The van der Waals surface area contributed by atoms with E-state index in [1.54, 1.807) is 0 Å². The van der Waals surface area contributed by atoms with E-state index in [9.17, 15) is 4.79 Å². The summed E-state index contributed by atoms with van der Waals surface area (Å²) < 4.78 is 6.10. The van der Waals surface area contributed by atoms with Gasteiger partial charge in [-0.05, 0) is 93.2 Å². The zero-order chi connectivity index (χ0) is 19.9. The Hall–Kier alpha value is -0.870. The van der Waals surface area contributed by atoms with Crippen LogP contribution in [-0.2, 0) is 9.53 Å². The molecule has 6 atom stereocenters. The van der Waals surface area contributed by atoms with Gasteiger partial charge in [0.15, 0.2) is 5.76 Å². The summed E-state index contributed by atoms with van der Waals surface area (Å²) >= 11 is 0. The quantitative estimate of drug-likeness (QED) is 0.624. The molecule has 4 aliphatic carbocycles. The van der Waals surface area contributed by atoms with Gasteiger partial charge < -0.3 is 15.8 Å². The molecule has 3 N–H and O–H groups in total. The summed E-state index contributed by atoms with van der Waals surface area (Å²) in [6.45, 7) is 12.8.